The number of nitrogens with two attached hydrogens (primary N) is 1. The number of amides is 2. The van der Waals surface area contributed by atoms with Crippen molar-refractivity contribution in [1.82, 2.24) is 4.90 Å². The van der Waals surface area contributed by atoms with Crippen LogP contribution in [0.3, 0.4) is 0 Å². The standard InChI is InChI=1S/C26H32N2O4/c1-31-23-9-7-20(8-10-23)21-5-2-4-19(16-21)17-26(11-14-32-15-12-26)25(30)28-13-3-6-22(18-28)24(27)29/h2,4-5,7-10,16,22H,3,6,11-15,17-18H2,1H3,(H2,27,29)/t22-/m0/s1. The zero-order valence-electron chi connectivity index (χ0n) is 18.7. The van der Waals surface area contributed by atoms with Crippen LogP contribution in [0.5, 0.6) is 5.75 Å². The molecule has 32 heavy (non-hydrogen) atoms. The second-order valence-corrected chi connectivity index (χ2v) is 8.99. The van der Waals surface area contributed by atoms with Crippen LogP contribution in [0.25, 0.3) is 11.1 Å². The van der Waals surface area contributed by atoms with E-state index in [1.807, 2.05) is 29.2 Å². The summed E-state index contributed by atoms with van der Waals surface area (Å²) >= 11 is 0. The lowest BCUT2D eigenvalue weighted by Crippen LogP contribution is -2.52. The van der Waals surface area contributed by atoms with E-state index in [2.05, 4.69) is 24.3 Å². The van der Waals surface area contributed by atoms with Crippen LogP contribution in [0.2, 0.25) is 0 Å². The number of hydrogen-bond acceptors (Lipinski definition) is 4. The van der Waals surface area contributed by atoms with Crippen molar-refractivity contribution in [3.05, 3.63) is 54.1 Å². The lowest BCUT2D eigenvalue weighted by atomic mass is 9.73. The lowest BCUT2D eigenvalue weighted by molar-refractivity contribution is -0.150. The summed E-state index contributed by atoms with van der Waals surface area (Å²) in [5.41, 5.74) is 8.41. The number of nitrogens with zero attached hydrogens (tertiary/aromatic N) is 1. The van der Waals surface area contributed by atoms with E-state index in [0.29, 0.717) is 45.6 Å². The van der Waals surface area contributed by atoms with Crippen LogP contribution in [0.15, 0.2) is 48.5 Å². The summed E-state index contributed by atoms with van der Waals surface area (Å²) in [4.78, 5) is 27.4. The Balaban J connectivity index is 1.57. The predicted octanol–water partition coefficient (Wildman–Crippen LogP) is 3.43. The quantitative estimate of drug-likeness (QED) is 0.752. The van der Waals surface area contributed by atoms with Gasteiger partial charge < -0.3 is 20.1 Å². The van der Waals surface area contributed by atoms with Gasteiger partial charge in [0.2, 0.25) is 11.8 Å². The molecule has 0 bridgehead atoms. The second kappa shape index (κ2) is 9.74. The highest BCUT2D eigenvalue weighted by Gasteiger charge is 2.44. The first-order valence-corrected chi connectivity index (χ1v) is 11.4. The number of ether oxygens (including phenoxy) is 2. The fourth-order valence-corrected chi connectivity index (χ4v) is 4.99. The van der Waals surface area contributed by atoms with Gasteiger partial charge in [-0.25, -0.2) is 0 Å². The molecule has 0 spiro atoms. The molecule has 170 valence electrons. The van der Waals surface area contributed by atoms with Crippen molar-refractivity contribution in [3.63, 3.8) is 0 Å². The Hall–Kier alpha value is -2.86. The third-order valence-electron chi connectivity index (χ3n) is 6.91. The first-order chi connectivity index (χ1) is 15.5. The van der Waals surface area contributed by atoms with Gasteiger partial charge in [-0.1, -0.05) is 36.4 Å². The highest BCUT2D eigenvalue weighted by molar-refractivity contribution is 5.85. The van der Waals surface area contributed by atoms with E-state index in [0.717, 1.165) is 35.3 Å². The maximum atomic E-state index is 13.8. The third-order valence-corrected chi connectivity index (χ3v) is 6.91. The topological polar surface area (TPSA) is 81.9 Å². The number of carbonyl (C=O) groups is 2. The van der Waals surface area contributed by atoms with Crippen molar-refractivity contribution in [3.8, 4) is 16.9 Å². The molecule has 0 saturated carbocycles. The SMILES string of the molecule is COc1ccc(-c2cccc(CC3(C(=O)N4CCC[C@H](C(N)=O)C4)CCOCC3)c2)cc1. The summed E-state index contributed by atoms with van der Waals surface area (Å²) in [6.45, 7) is 2.29. The van der Waals surface area contributed by atoms with Gasteiger partial charge in [0.25, 0.3) is 0 Å². The van der Waals surface area contributed by atoms with Gasteiger partial charge in [0.15, 0.2) is 0 Å². The van der Waals surface area contributed by atoms with E-state index >= 15 is 0 Å². The number of primary amides is 1. The minimum atomic E-state index is -0.504. The molecule has 2 aliphatic rings. The lowest BCUT2D eigenvalue weighted by Gasteiger charge is -2.42. The number of carbonyl (C=O) groups excluding carboxylic acids is 2. The number of hydrogen-bond donors (Lipinski definition) is 1. The Morgan fingerprint density at radius 1 is 1.12 bits per heavy atom. The van der Waals surface area contributed by atoms with Crippen LogP contribution >= 0.6 is 0 Å². The monoisotopic (exact) mass is 436 g/mol. The van der Waals surface area contributed by atoms with Gasteiger partial charge in [-0.2, -0.15) is 0 Å². The number of rotatable bonds is 6. The fourth-order valence-electron chi connectivity index (χ4n) is 4.99. The Bertz CT molecular complexity index is 951. The summed E-state index contributed by atoms with van der Waals surface area (Å²) in [6.07, 6.45) is 3.63. The molecule has 6 heteroatoms. The molecule has 2 aromatic carbocycles. The molecule has 0 aliphatic carbocycles. The summed E-state index contributed by atoms with van der Waals surface area (Å²) in [6, 6.07) is 16.4. The third kappa shape index (κ3) is 4.80. The predicted molar refractivity (Wildman–Crippen MR) is 123 cm³/mol. The summed E-state index contributed by atoms with van der Waals surface area (Å²) in [5, 5.41) is 0. The van der Waals surface area contributed by atoms with Crippen molar-refractivity contribution >= 4 is 11.8 Å². The maximum absolute atomic E-state index is 13.8. The maximum Gasteiger partial charge on any atom is 0.229 e. The minimum absolute atomic E-state index is 0.140. The van der Waals surface area contributed by atoms with Crippen molar-refractivity contribution in [2.75, 3.05) is 33.4 Å². The highest BCUT2D eigenvalue weighted by Crippen LogP contribution is 2.38. The molecular formula is C26H32N2O4. The van der Waals surface area contributed by atoms with Crippen molar-refractivity contribution in [1.29, 1.82) is 0 Å². The number of benzene rings is 2. The Morgan fingerprint density at radius 2 is 1.88 bits per heavy atom. The molecule has 2 saturated heterocycles. The van der Waals surface area contributed by atoms with Gasteiger partial charge in [-0.05, 0) is 60.9 Å². The zero-order chi connectivity index (χ0) is 22.6. The largest absolute Gasteiger partial charge is 0.497 e. The van der Waals surface area contributed by atoms with Gasteiger partial charge in [-0.15, -0.1) is 0 Å². The van der Waals surface area contributed by atoms with E-state index in [1.54, 1.807) is 7.11 Å². The van der Waals surface area contributed by atoms with E-state index in [-0.39, 0.29) is 17.7 Å². The van der Waals surface area contributed by atoms with E-state index in [4.69, 9.17) is 15.2 Å². The van der Waals surface area contributed by atoms with Crippen molar-refractivity contribution < 1.29 is 19.1 Å². The summed E-state index contributed by atoms with van der Waals surface area (Å²) in [5.74, 6) is 0.410. The molecular weight excluding hydrogens is 404 g/mol. The van der Waals surface area contributed by atoms with Crippen LogP contribution in [-0.2, 0) is 20.7 Å². The van der Waals surface area contributed by atoms with E-state index in [9.17, 15) is 9.59 Å². The van der Waals surface area contributed by atoms with E-state index in [1.165, 1.54) is 0 Å². The van der Waals surface area contributed by atoms with Crippen molar-refractivity contribution in [2.24, 2.45) is 17.1 Å². The molecule has 2 fully saturated rings. The molecule has 2 aromatic rings. The molecule has 6 nitrogen and oxygen atoms in total. The van der Waals surface area contributed by atoms with Gasteiger partial charge in [0.05, 0.1) is 18.4 Å². The van der Waals surface area contributed by atoms with Gasteiger partial charge in [-0.3, -0.25) is 9.59 Å². The number of methoxy groups -OCH3 is 1. The number of likely N-dealkylation sites (tertiary alicyclic amines) is 1. The molecule has 2 N–H and O–H groups in total. The van der Waals surface area contributed by atoms with Crippen LogP contribution < -0.4 is 10.5 Å². The molecule has 2 amide bonds. The second-order valence-electron chi connectivity index (χ2n) is 8.99. The Kier molecular flexibility index (Phi) is 6.80. The normalized spacial score (nSPS) is 20.5. The molecule has 4 rings (SSSR count). The average Bonchev–Trinajstić information content (AvgIpc) is 2.84. The van der Waals surface area contributed by atoms with Crippen LogP contribution in [0, 0.1) is 11.3 Å². The molecule has 0 unspecified atom stereocenters. The first kappa shape index (κ1) is 22.3. The first-order valence-electron chi connectivity index (χ1n) is 11.4. The molecule has 0 aromatic heterocycles. The Morgan fingerprint density at radius 3 is 2.56 bits per heavy atom. The summed E-state index contributed by atoms with van der Waals surface area (Å²) in [7, 11) is 1.66. The molecule has 2 aliphatic heterocycles. The van der Waals surface area contributed by atoms with Gasteiger partial charge in [0, 0.05) is 26.3 Å². The fraction of sp³-hybridized carbons (Fsp3) is 0.462. The van der Waals surface area contributed by atoms with Crippen LogP contribution in [-0.4, -0.2) is 50.1 Å². The Labute approximate surface area is 189 Å². The minimum Gasteiger partial charge on any atom is -0.497 e. The summed E-state index contributed by atoms with van der Waals surface area (Å²) < 4.78 is 10.9. The van der Waals surface area contributed by atoms with Crippen LogP contribution in [0.4, 0.5) is 0 Å². The van der Waals surface area contributed by atoms with Crippen LogP contribution in [0.1, 0.15) is 31.2 Å². The smallest absolute Gasteiger partial charge is 0.229 e. The van der Waals surface area contributed by atoms with Gasteiger partial charge in [0.1, 0.15) is 5.75 Å². The number of piperidine rings is 1. The molecule has 0 radical (unpaired) electrons. The highest BCUT2D eigenvalue weighted by atomic mass is 16.5. The molecule has 2 heterocycles. The van der Waals surface area contributed by atoms with E-state index < -0.39 is 5.41 Å². The van der Waals surface area contributed by atoms with Crippen molar-refractivity contribution in [2.45, 2.75) is 32.1 Å². The average molecular weight is 437 g/mol. The molecule has 1 atom stereocenters. The zero-order valence-corrected chi connectivity index (χ0v) is 18.7. The van der Waals surface area contributed by atoms with Gasteiger partial charge >= 0.3 is 0 Å².